The molecule has 3 rings (SSSR count). The molecule has 1 saturated carbocycles. The van der Waals surface area contributed by atoms with Gasteiger partial charge in [0.15, 0.2) is 0 Å². The maximum atomic E-state index is 12.6. The average molecular weight is 391 g/mol. The summed E-state index contributed by atoms with van der Waals surface area (Å²) in [7, 11) is 0. The van der Waals surface area contributed by atoms with Crippen LogP contribution in [0.25, 0.3) is 0 Å². The number of carbonyl (C=O) groups is 1. The first-order valence-electron chi connectivity index (χ1n) is 8.96. The molecule has 138 valence electrons. The van der Waals surface area contributed by atoms with E-state index in [0.717, 1.165) is 41.9 Å². The second-order valence-electron chi connectivity index (χ2n) is 6.31. The van der Waals surface area contributed by atoms with E-state index in [9.17, 15) is 4.79 Å². The van der Waals surface area contributed by atoms with Gasteiger partial charge < -0.3 is 10.1 Å². The van der Waals surface area contributed by atoms with Gasteiger partial charge in [-0.05, 0) is 49.6 Å². The molecule has 1 fully saturated rings. The van der Waals surface area contributed by atoms with Gasteiger partial charge in [-0.2, -0.15) is 0 Å². The van der Waals surface area contributed by atoms with Crippen LogP contribution in [0.4, 0.5) is 0 Å². The van der Waals surface area contributed by atoms with Crippen LogP contribution >= 0.6 is 23.4 Å². The van der Waals surface area contributed by atoms with Gasteiger partial charge in [-0.1, -0.05) is 30.7 Å². The predicted molar refractivity (Wildman–Crippen MR) is 106 cm³/mol. The fraction of sp³-hybridized carbons (Fsp3) is 0.400. The molecular weight excluding hydrogens is 368 g/mol. The topological polar surface area (TPSA) is 51.2 Å². The number of pyridine rings is 1. The number of ether oxygens (including phenoxy) is 1. The van der Waals surface area contributed by atoms with Gasteiger partial charge in [0.2, 0.25) is 5.88 Å². The van der Waals surface area contributed by atoms with Gasteiger partial charge in [-0.3, -0.25) is 4.79 Å². The lowest BCUT2D eigenvalue weighted by molar-refractivity contribution is 0.0887. The first kappa shape index (κ1) is 19.1. The van der Waals surface area contributed by atoms with Gasteiger partial charge in [0.1, 0.15) is 6.10 Å². The van der Waals surface area contributed by atoms with Gasteiger partial charge in [-0.15, -0.1) is 11.8 Å². The van der Waals surface area contributed by atoms with E-state index < -0.39 is 0 Å². The van der Waals surface area contributed by atoms with E-state index in [0.29, 0.717) is 10.9 Å². The third-order valence-corrected chi connectivity index (χ3v) is 5.61. The summed E-state index contributed by atoms with van der Waals surface area (Å²) in [5.74, 6) is 1.57. The molecule has 0 bridgehead atoms. The zero-order chi connectivity index (χ0) is 18.4. The van der Waals surface area contributed by atoms with Crippen molar-refractivity contribution in [3.63, 3.8) is 0 Å². The number of nitrogens with zero attached hydrogens (tertiary/aromatic N) is 1. The maximum Gasteiger partial charge on any atom is 0.252 e. The highest BCUT2D eigenvalue weighted by atomic mass is 35.5. The van der Waals surface area contributed by atoms with Crippen molar-refractivity contribution in [3.8, 4) is 5.88 Å². The van der Waals surface area contributed by atoms with Crippen LogP contribution in [0, 0.1) is 0 Å². The van der Waals surface area contributed by atoms with Crippen molar-refractivity contribution in [2.24, 2.45) is 0 Å². The van der Waals surface area contributed by atoms with Crippen LogP contribution in [0.5, 0.6) is 5.88 Å². The standard InChI is InChI=1S/C20H23ClN2O2S/c1-2-26-18-6-4-3-5-17(18)20(24)23-15-8-10-16(11-9-15)25-19-12-7-14(21)13-22-19/h3-7,12-13,15-16H,2,8-11H2,1H3,(H,23,24). The fourth-order valence-electron chi connectivity index (χ4n) is 3.13. The number of halogens is 1. The van der Waals surface area contributed by atoms with Crippen LogP contribution in [0.1, 0.15) is 43.0 Å². The van der Waals surface area contributed by atoms with Gasteiger partial charge >= 0.3 is 0 Å². The molecule has 0 saturated heterocycles. The molecule has 26 heavy (non-hydrogen) atoms. The third-order valence-electron chi connectivity index (χ3n) is 4.43. The smallest absolute Gasteiger partial charge is 0.252 e. The van der Waals surface area contributed by atoms with Gasteiger partial charge in [0.25, 0.3) is 5.91 Å². The Bertz CT molecular complexity index is 731. The van der Waals surface area contributed by atoms with E-state index in [1.165, 1.54) is 0 Å². The summed E-state index contributed by atoms with van der Waals surface area (Å²) in [5.41, 5.74) is 0.767. The number of rotatable bonds is 6. The molecule has 6 heteroatoms. The van der Waals surface area contributed by atoms with Crippen molar-refractivity contribution >= 4 is 29.3 Å². The lowest BCUT2D eigenvalue weighted by Crippen LogP contribution is -2.39. The van der Waals surface area contributed by atoms with Crippen LogP contribution in [0.15, 0.2) is 47.5 Å². The van der Waals surface area contributed by atoms with Crippen molar-refractivity contribution in [2.45, 2.75) is 49.6 Å². The average Bonchev–Trinajstić information content (AvgIpc) is 2.66. The molecule has 1 aliphatic carbocycles. The van der Waals surface area contributed by atoms with Crippen LogP contribution in [0.2, 0.25) is 5.02 Å². The predicted octanol–water partition coefficient (Wildman–Crippen LogP) is 4.97. The van der Waals surface area contributed by atoms with Crippen LogP contribution < -0.4 is 10.1 Å². The zero-order valence-corrected chi connectivity index (χ0v) is 16.4. The lowest BCUT2D eigenvalue weighted by atomic mass is 9.92. The van der Waals surface area contributed by atoms with Gasteiger partial charge in [0.05, 0.1) is 10.6 Å². The monoisotopic (exact) mass is 390 g/mol. The van der Waals surface area contributed by atoms with Crippen molar-refractivity contribution in [2.75, 3.05) is 5.75 Å². The number of aromatic nitrogens is 1. The van der Waals surface area contributed by atoms with Crippen molar-refractivity contribution in [1.29, 1.82) is 0 Å². The normalized spacial score (nSPS) is 19.8. The number of hydrogen-bond acceptors (Lipinski definition) is 4. The molecule has 0 unspecified atom stereocenters. The van der Waals surface area contributed by atoms with E-state index in [1.54, 1.807) is 30.1 Å². The molecule has 1 amide bonds. The minimum Gasteiger partial charge on any atom is -0.474 e. The molecule has 1 aromatic heterocycles. The third kappa shape index (κ3) is 5.15. The van der Waals surface area contributed by atoms with E-state index >= 15 is 0 Å². The summed E-state index contributed by atoms with van der Waals surface area (Å²) in [4.78, 5) is 17.9. The Morgan fingerprint density at radius 1 is 1.23 bits per heavy atom. The van der Waals surface area contributed by atoms with Gasteiger partial charge in [-0.25, -0.2) is 4.98 Å². The number of carbonyl (C=O) groups excluding carboxylic acids is 1. The molecular formula is C20H23ClN2O2S. The molecule has 4 nitrogen and oxygen atoms in total. The Morgan fingerprint density at radius 2 is 2.00 bits per heavy atom. The van der Waals surface area contributed by atoms with E-state index in [4.69, 9.17) is 16.3 Å². The summed E-state index contributed by atoms with van der Waals surface area (Å²) in [6.45, 7) is 2.09. The van der Waals surface area contributed by atoms with Crippen LogP contribution in [-0.2, 0) is 0 Å². The minimum absolute atomic E-state index is 0.0188. The molecule has 0 aliphatic heterocycles. The van der Waals surface area contributed by atoms with Crippen LogP contribution in [0.3, 0.4) is 0 Å². The maximum absolute atomic E-state index is 12.6. The molecule has 1 heterocycles. The fourth-order valence-corrected chi connectivity index (χ4v) is 4.04. The molecule has 0 spiro atoms. The van der Waals surface area contributed by atoms with Crippen molar-refractivity contribution in [1.82, 2.24) is 10.3 Å². The summed E-state index contributed by atoms with van der Waals surface area (Å²) in [5, 5.41) is 3.79. The molecule has 1 aromatic carbocycles. The summed E-state index contributed by atoms with van der Waals surface area (Å²) >= 11 is 7.54. The number of nitrogens with one attached hydrogen (secondary N) is 1. The second-order valence-corrected chi connectivity index (χ2v) is 8.05. The highest BCUT2D eigenvalue weighted by Crippen LogP contribution is 2.25. The largest absolute Gasteiger partial charge is 0.474 e. The number of benzene rings is 1. The Balaban J connectivity index is 1.51. The van der Waals surface area contributed by atoms with E-state index in [-0.39, 0.29) is 18.1 Å². The van der Waals surface area contributed by atoms with E-state index in [2.05, 4.69) is 17.2 Å². The highest BCUT2D eigenvalue weighted by molar-refractivity contribution is 7.99. The molecule has 0 radical (unpaired) electrons. The zero-order valence-electron chi connectivity index (χ0n) is 14.8. The summed E-state index contributed by atoms with van der Waals surface area (Å²) in [6.07, 6.45) is 5.36. The summed E-state index contributed by atoms with van der Waals surface area (Å²) in [6, 6.07) is 11.6. The van der Waals surface area contributed by atoms with E-state index in [1.807, 2.05) is 24.3 Å². The summed E-state index contributed by atoms with van der Waals surface area (Å²) < 4.78 is 5.91. The number of amides is 1. The van der Waals surface area contributed by atoms with Crippen molar-refractivity contribution < 1.29 is 9.53 Å². The second kappa shape index (κ2) is 9.28. The molecule has 1 aliphatic rings. The van der Waals surface area contributed by atoms with Crippen molar-refractivity contribution in [3.05, 3.63) is 53.2 Å². The molecule has 1 N–H and O–H groups in total. The van der Waals surface area contributed by atoms with Gasteiger partial charge in [0, 0.05) is 23.2 Å². The SMILES string of the molecule is CCSc1ccccc1C(=O)NC1CCC(Oc2ccc(Cl)cn2)CC1. The number of thioether (sulfide) groups is 1. The Morgan fingerprint density at radius 3 is 2.69 bits per heavy atom. The Hall–Kier alpha value is -1.72. The highest BCUT2D eigenvalue weighted by Gasteiger charge is 2.24. The van der Waals surface area contributed by atoms with Crippen LogP contribution in [-0.4, -0.2) is 28.8 Å². The minimum atomic E-state index is 0.0188. The first-order valence-corrected chi connectivity index (χ1v) is 10.3. The molecule has 0 atom stereocenters. The Kier molecular flexibility index (Phi) is 6.80. The quantitative estimate of drug-likeness (QED) is 0.707. The number of hydrogen-bond donors (Lipinski definition) is 1. The molecule has 2 aromatic rings. The lowest BCUT2D eigenvalue weighted by Gasteiger charge is -2.29. The first-order chi connectivity index (χ1) is 12.7. The Labute approximate surface area is 163 Å².